The quantitative estimate of drug-likeness (QED) is 0.759. The van der Waals surface area contributed by atoms with E-state index in [1.807, 2.05) is 0 Å². The molecule has 1 fully saturated rings. The molecular weight excluding hydrogens is 244 g/mol. The molecule has 20 heavy (non-hydrogen) atoms. The van der Waals surface area contributed by atoms with Crippen LogP contribution in [0.5, 0.6) is 0 Å². The molecule has 0 saturated heterocycles. The maximum atomic E-state index is 3.83. The maximum absolute atomic E-state index is 3.83. The predicted octanol–water partition coefficient (Wildman–Crippen LogP) is 4.01. The number of hydrogen-bond donors (Lipinski definition) is 1. The van der Waals surface area contributed by atoms with Gasteiger partial charge in [-0.3, -0.25) is 0 Å². The van der Waals surface area contributed by atoms with Gasteiger partial charge in [0, 0.05) is 18.6 Å². The number of hydrogen-bond acceptors (Lipinski definition) is 2. The number of nitrogens with zero attached hydrogens (tertiary/aromatic N) is 1. The topological polar surface area (TPSA) is 15.3 Å². The van der Waals surface area contributed by atoms with Crippen LogP contribution >= 0.6 is 0 Å². The molecule has 0 amide bonds. The van der Waals surface area contributed by atoms with Gasteiger partial charge in [0.15, 0.2) is 0 Å². The molecule has 0 aliphatic heterocycles. The lowest BCUT2D eigenvalue weighted by atomic mass is 9.72. The molecule has 1 N–H and O–H groups in total. The third kappa shape index (κ3) is 5.04. The summed E-state index contributed by atoms with van der Waals surface area (Å²) in [5, 5.41) is 3.83. The highest BCUT2D eigenvalue weighted by atomic mass is 15.1. The maximum Gasteiger partial charge on any atom is 0.0113 e. The Balaban J connectivity index is 2.65. The summed E-state index contributed by atoms with van der Waals surface area (Å²) in [7, 11) is 2.31. The largest absolute Gasteiger partial charge is 0.314 e. The molecule has 0 aromatic carbocycles. The summed E-state index contributed by atoms with van der Waals surface area (Å²) in [6.07, 6.45) is 4.00. The highest BCUT2D eigenvalue weighted by Gasteiger charge is 2.34. The Bertz CT molecular complexity index is 264. The van der Waals surface area contributed by atoms with E-state index in [2.05, 4.69) is 58.8 Å². The van der Waals surface area contributed by atoms with Gasteiger partial charge in [-0.1, -0.05) is 34.6 Å². The molecule has 5 unspecified atom stereocenters. The van der Waals surface area contributed by atoms with Gasteiger partial charge in [-0.15, -0.1) is 0 Å². The first-order valence-electron chi connectivity index (χ1n) is 8.80. The van der Waals surface area contributed by atoms with Crippen molar-refractivity contribution in [3.63, 3.8) is 0 Å². The van der Waals surface area contributed by atoms with Gasteiger partial charge in [-0.25, -0.2) is 0 Å². The minimum atomic E-state index is 0.674. The number of nitrogens with one attached hydrogen (secondary N) is 1. The van der Waals surface area contributed by atoms with E-state index in [-0.39, 0.29) is 0 Å². The van der Waals surface area contributed by atoms with Gasteiger partial charge < -0.3 is 10.2 Å². The van der Waals surface area contributed by atoms with E-state index in [0.29, 0.717) is 6.04 Å². The van der Waals surface area contributed by atoms with Crippen molar-refractivity contribution in [2.24, 2.45) is 23.7 Å². The first-order chi connectivity index (χ1) is 9.36. The van der Waals surface area contributed by atoms with Crippen LogP contribution in [-0.4, -0.2) is 37.1 Å². The van der Waals surface area contributed by atoms with Gasteiger partial charge in [0.2, 0.25) is 0 Å². The molecular formula is C18H38N2. The Morgan fingerprint density at radius 2 is 1.80 bits per heavy atom. The van der Waals surface area contributed by atoms with Crippen molar-refractivity contribution in [3.05, 3.63) is 0 Å². The van der Waals surface area contributed by atoms with Gasteiger partial charge in [-0.2, -0.15) is 0 Å². The zero-order valence-electron chi connectivity index (χ0n) is 14.9. The van der Waals surface area contributed by atoms with Crippen molar-refractivity contribution in [3.8, 4) is 0 Å². The van der Waals surface area contributed by atoms with Crippen molar-refractivity contribution >= 4 is 0 Å². The Morgan fingerprint density at radius 1 is 1.15 bits per heavy atom. The molecule has 0 heterocycles. The minimum absolute atomic E-state index is 0.674. The zero-order valence-corrected chi connectivity index (χ0v) is 14.9. The molecule has 2 nitrogen and oxygen atoms in total. The summed E-state index contributed by atoms with van der Waals surface area (Å²) in [5.74, 6) is 3.27. The second-order valence-corrected chi connectivity index (χ2v) is 7.70. The van der Waals surface area contributed by atoms with E-state index in [0.717, 1.165) is 29.7 Å². The van der Waals surface area contributed by atoms with Crippen LogP contribution in [0.3, 0.4) is 0 Å². The Morgan fingerprint density at radius 3 is 2.35 bits per heavy atom. The lowest BCUT2D eigenvalue weighted by Crippen LogP contribution is -2.50. The Hall–Kier alpha value is -0.0800. The summed E-state index contributed by atoms with van der Waals surface area (Å²) < 4.78 is 0. The summed E-state index contributed by atoms with van der Waals surface area (Å²) in [6, 6.07) is 1.39. The third-order valence-corrected chi connectivity index (χ3v) is 5.49. The van der Waals surface area contributed by atoms with Gasteiger partial charge in [0.05, 0.1) is 0 Å². The molecule has 1 aliphatic rings. The van der Waals surface area contributed by atoms with Crippen molar-refractivity contribution in [2.45, 2.75) is 72.9 Å². The van der Waals surface area contributed by atoms with E-state index in [1.165, 1.54) is 32.4 Å². The van der Waals surface area contributed by atoms with Crippen LogP contribution in [0.15, 0.2) is 0 Å². The van der Waals surface area contributed by atoms with Crippen LogP contribution < -0.4 is 5.32 Å². The van der Waals surface area contributed by atoms with Crippen molar-refractivity contribution in [1.82, 2.24) is 10.2 Å². The highest BCUT2D eigenvalue weighted by molar-refractivity contribution is 4.89. The normalized spacial score (nSPS) is 32.9. The van der Waals surface area contributed by atoms with Crippen LogP contribution in [0.2, 0.25) is 0 Å². The van der Waals surface area contributed by atoms with E-state index in [1.54, 1.807) is 0 Å². The molecule has 120 valence electrons. The zero-order chi connectivity index (χ0) is 15.3. The Kier molecular flexibility index (Phi) is 7.53. The van der Waals surface area contributed by atoms with E-state index >= 15 is 0 Å². The van der Waals surface area contributed by atoms with Crippen LogP contribution in [0, 0.1) is 23.7 Å². The van der Waals surface area contributed by atoms with Crippen LogP contribution in [0.4, 0.5) is 0 Å². The second-order valence-electron chi connectivity index (χ2n) is 7.70. The summed E-state index contributed by atoms with van der Waals surface area (Å²) in [4.78, 5) is 2.59. The molecule has 1 saturated carbocycles. The summed E-state index contributed by atoms with van der Waals surface area (Å²) in [5.41, 5.74) is 0. The lowest BCUT2D eigenvalue weighted by molar-refractivity contribution is 0.0871. The average molecular weight is 283 g/mol. The molecule has 0 spiro atoms. The monoisotopic (exact) mass is 282 g/mol. The van der Waals surface area contributed by atoms with E-state index < -0.39 is 0 Å². The van der Waals surface area contributed by atoms with Crippen LogP contribution in [-0.2, 0) is 0 Å². The standard InChI is InChI=1S/C18H38N2/c1-8-9-19-18-11-14(4)10-15(5)17(18)12-20(7)16(6)13(2)3/h13-19H,8-12H2,1-7H3. The van der Waals surface area contributed by atoms with E-state index in [4.69, 9.17) is 0 Å². The molecule has 1 rings (SSSR count). The molecule has 1 aliphatic carbocycles. The van der Waals surface area contributed by atoms with Crippen molar-refractivity contribution < 1.29 is 0 Å². The minimum Gasteiger partial charge on any atom is -0.314 e. The first kappa shape index (κ1) is 18.0. The van der Waals surface area contributed by atoms with Gasteiger partial charge in [0.1, 0.15) is 0 Å². The fourth-order valence-corrected chi connectivity index (χ4v) is 3.79. The molecule has 5 atom stereocenters. The smallest absolute Gasteiger partial charge is 0.0113 e. The molecule has 0 aromatic rings. The van der Waals surface area contributed by atoms with Gasteiger partial charge in [-0.05, 0) is 63.5 Å². The second kappa shape index (κ2) is 8.38. The molecule has 0 bridgehead atoms. The fraction of sp³-hybridized carbons (Fsp3) is 1.00. The lowest BCUT2D eigenvalue weighted by Gasteiger charge is -2.43. The van der Waals surface area contributed by atoms with Crippen LogP contribution in [0.25, 0.3) is 0 Å². The first-order valence-corrected chi connectivity index (χ1v) is 8.80. The SMILES string of the molecule is CCCNC1CC(C)CC(C)C1CN(C)C(C)C(C)C. The third-order valence-electron chi connectivity index (χ3n) is 5.49. The van der Waals surface area contributed by atoms with Gasteiger partial charge >= 0.3 is 0 Å². The molecule has 2 heteroatoms. The molecule has 0 radical (unpaired) electrons. The fourth-order valence-electron chi connectivity index (χ4n) is 3.79. The van der Waals surface area contributed by atoms with Crippen LogP contribution in [0.1, 0.15) is 60.8 Å². The molecule has 0 aromatic heterocycles. The average Bonchev–Trinajstić information content (AvgIpc) is 2.38. The van der Waals surface area contributed by atoms with E-state index in [9.17, 15) is 0 Å². The predicted molar refractivity (Wildman–Crippen MR) is 90.1 cm³/mol. The summed E-state index contributed by atoms with van der Waals surface area (Å²) in [6.45, 7) is 16.6. The van der Waals surface area contributed by atoms with Gasteiger partial charge in [0.25, 0.3) is 0 Å². The van der Waals surface area contributed by atoms with Crippen molar-refractivity contribution in [2.75, 3.05) is 20.1 Å². The van der Waals surface area contributed by atoms with Crippen molar-refractivity contribution in [1.29, 1.82) is 0 Å². The number of rotatable bonds is 7. The highest BCUT2D eigenvalue weighted by Crippen LogP contribution is 2.34. The summed E-state index contributed by atoms with van der Waals surface area (Å²) >= 11 is 0. The Labute approximate surface area is 127 Å².